The topological polar surface area (TPSA) is 24.1 Å². The molecule has 0 radical (unpaired) electrons. The first-order valence-corrected chi connectivity index (χ1v) is 4.40. The van der Waals surface area contributed by atoms with Crippen LogP contribution in [0.1, 0.15) is 6.42 Å². The molecule has 0 aliphatic carbocycles. The van der Waals surface area contributed by atoms with Crippen LogP contribution in [0.3, 0.4) is 0 Å². The highest BCUT2D eigenvalue weighted by molar-refractivity contribution is 7.80. The first-order chi connectivity index (χ1) is 5.86. The molecule has 0 spiro atoms. The summed E-state index contributed by atoms with van der Waals surface area (Å²) >= 11 is 5.12. The minimum absolute atomic E-state index is 0.907. The molecule has 0 saturated heterocycles. The number of nitrogens with one attached hydrogen (secondary N) is 2. The fraction of sp³-hybridized carbons (Fsp3) is 0.222. The van der Waals surface area contributed by atoms with Crippen molar-refractivity contribution in [2.24, 2.45) is 0 Å². The smallest absolute Gasteiger partial charge is 0.0815 e. The number of thiocarbonyl (C=S) groups is 1. The van der Waals surface area contributed by atoms with Crippen LogP contribution in [0.25, 0.3) is 0 Å². The van der Waals surface area contributed by atoms with Crippen LogP contribution in [-0.4, -0.2) is 11.5 Å². The van der Waals surface area contributed by atoms with Gasteiger partial charge in [0, 0.05) is 13.0 Å². The molecule has 0 aromatic heterocycles. The van der Waals surface area contributed by atoms with E-state index < -0.39 is 0 Å². The number of benzene rings is 1. The van der Waals surface area contributed by atoms with Crippen molar-refractivity contribution in [2.75, 3.05) is 17.2 Å². The number of para-hydroxylation sites is 2. The molecule has 0 unspecified atom stereocenters. The molecule has 2 nitrogen and oxygen atoms in total. The molecule has 0 saturated carbocycles. The van der Waals surface area contributed by atoms with E-state index in [1.807, 2.05) is 18.2 Å². The van der Waals surface area contributed by atoms with Crippen LogP contribution in [0.2, 0.25) is 0 Å². The molecule has 62 valence electrons. The van der Waals surface area contributed by atoms with Crippen molar-refractivity contribution in [2.45, 2.75) is 6.42 Å². The van der Waals surface area contributed by atoms with Gasteiger partial charge in [0.2, 0.25) is 0 Å². The van der Waals surface area contributed by atoms with Crippen molar-refractivity contribution in [3.63, 3.8) is 0 Å². The molecular formula is C9H10N2S. The minimum Gasteiger partial charge on any atom is -0.383 e. The van der Waals surface area contributed by atoms with E-state index in [1.165, 1.54) is 0 Å². The van der Waals surface area contributed by atoms with Crippen LogP contribution in [0.5, 0.6) is 0 Å². The van der Waals surface area contributed by atoms with Crippen LogP contribution >= 0.6 is 12.2 Å². The average molecular weight is 178 g/mol. The summed E-state index contributed by atoms with van der Waals surface area (Å²) in [4.78, 5) is 0.910. The van der Waals surface area contributed by atoms with Crippen molar-refractivity contribution >= 4 is 28.6 Å². The lowest BCUT2D eigenvalue weighted by atomic mass is 10.3. The molecule has 0 amide bonds. The van der Waals surface area contributed by atoms with Gasteiger partial charge in [0.15, 0.2) is 0 Å². The summed E-state index contributed by atoms with van der Waals surface area (Å²) in [6.45, 7) is 0.919. The predicted octanol–water partition coefficient (Wildman–Crippen LogP) is 2.24. The highest BCUT2D eigenvalue weighted by Crippen LogP contribution is 2.23. The van der Waals surface area contributed by atoms with E-state index >= 15 is 0 Å². The van der Waals surface area contributed by atoms with Crippen LogP contribution in [-0.2, 0) is 0 Å². The first-order valence-electron chi connectivity index (χ1n) is 3.99. The number of hydrogen-bond acceptors (Lipinski definition) is 2. The summed E-state index contributed by atoms with van der Waals surface area (Å²) in [5, 5.41) is 6.50. The lowest BCUT2D eigenvalue weighted by molar-refractivity contribution is 1.13. The third-order valence-corrected chi connectivity index (χ3v) is 2.17. The van der Waals surface area contributed by atoms with Crippen molar-refractivity contribution in [3.8, 4) is 0 Å². The molecule has 3 heteroatoms. The third kappa shape index (κ3) is 1.41. The summed E-state index contributed by atoms with van der Waals surface area (Å²) in [6.07, 6.45) is 0.907. The maximum Gasteiger partial charge on any atom is 0.0815 e. The summed E-state index contributed by atoms with van der Waals surface area (Å²) in [7, 11) is 0. The zero-order valence-electron chi connectivity index (χ0n) is 6.63. The van der Waals surface area contributed by atoms with Gasteiger partial charge < -0.3 is 10.6 Å². The average Bonchev–Trinajstić information content (AvgIpc) is 2.25. The standard InChI is InChI=1S/C9H10N2S/c12-9-5-6-10-7-3-1-2-4-8(7)11-9/h1-4,10H,5-6H2,(H,11,12). The maximum atomic E-state index is 5.12. The fourth-order valence-corrected chi connectivity index (χ4v) is 1.48. The number of hydrogen-bond donors (Lipinski definition) is 2. The molecule has 0 bridgehead atoms. The Hall–Kier alpha value is -1.09. The molecule has 12 heavy (non-hydrogen) atoms. The van der Waals surface area contributed by atoms with Gasteiger partial charge in [-0.05, 0) is 12.1 Å². The number of rotatable bonds is 0. The Bertz CT molecular complexity index is 309. The van der Waals surface area contributed by atoms with Gasteiger partial charge >= 0.3 is 0 Å². The quantitative estimate of drug-likeness (QED) is 0.596. The Kier molecular flexibility index (Phi) is 1.96. The molecule has 1 aromatic rings. The molecule has 0 atom stereocenters. The van der Waals surface area contributed by atoms with Gasteiger partial charge in [0.25, 0.3) is 0 Å². The lowest BCUT2D eigenvalue weighted by Gasteiger charge is -2.06. The first kappa shape index (κ1) is 7.55. The normalized spacial score (nSPS) is 15.5. The van der Waals surface area contributed by atoms with Crippen molar-refractivity contribution < 1.29 is 0 Å². The Morgan fingerprint density at radius 2 is 1.92 bits per heavy atom. The van der Waals surface area contributed by atoms with E-state index in [-0.39, 0.29) is 0 Å². The molecule has 1 heterocycles. The van der Waals surface area contributed by atoms with Gasteiger partial charge in [0.1, 0.15) is 0 Å². The molecule has 2 N–H and O–H groups in total. The van der Waals surface area contributed by atoms with Gasteiger partial charge in [-0.15, -0.1) is 0 Å². The van der Waals surface area contributed by atoms with Gasteiger partial charge in [-0.25, -0.2) is 0 Å². The Morgan fingerprint density at radius 3 is 2.75 bits per heavy atom. The molecule has 0 fully saturated rings. The highest BCUT2D eigenvalue weighted by Gasteiger charge is 2.07. The van der Waals surface area contributed by atoms with Crippen molar-refractivity contribution in [3.05, 3.63) is 24.3 Å². The molecule has 1 aromatic carbocycles. The summed E-state index contributed by atoms with van der Waals surface area (Å²) < 4.78 is 0. The SMILES string of the molecule is S=C1CCNc2ccccc2N1. The maximum absolute atomic E-state index is 5.12. The number of anilines is 2. The summed E-state index contributed by atoms with van der Waals surface area (Å²) in [6, 6.07) is 8.10. The zero-order chi connectivity index (χ0) is 8.39. The second kappa shape index (κ2) is 3.11. The molecular weight excluding hydrogens is 168 g/mol. The van der Waals surface area contributed by atoms with E-state index in [0.29, 0.717) is 0 Å². The molecule has 1 aliphatic heterocycles. The van der Waals surface area contributed by atoms with E-state index in [4.69, 9.17) is 12.2 Å². The highest BCUT2D eigenvalue weighted by atomic mass is 32.1. The van der Waals surface area contributed by atoms with Crippen molar-refractivity contribution in [1.29, 1.82) is 0 Å². The van der Waals surface area contributed by atoms with E-state index in [1.54, 1.807) is 0 Å². The van der Waals surface area contributed by atoms with E-state index in [2.05, 4.69) is 16.7 Å². The van der Waals surface area contributed by atoms with Crippen LogP contribution < -0.4 is 10.6 Å². The third-order valence-electron chi connectivity index (χ3n) is 1.87. The number of fused-ring (bicyclic) bond motifs is 1. The largest absolute Gasteiger partial charge is 0.383 e. The summed E-state index contributed by atoms with van der Waals surface area (Å²) in [5.74, 6) is 0. The van der Waals surface area contributed by atoms with Crippen LogP contribution in [0.15, 0.2) is 24.3 Å². The van der Waals surface area contributed by atoms with E-state index in [0.717, 1.165) is 29.3 Å². The lowest BCUT2D eigenvalue weighted by Crippen LogP contribution is -2.08. The Balaban J connectivity index is 2.37. The Labute approximate surface area is 77.0 Å². The van der Waals surface area contributed by atoms with Gasteiger partial charge in [0.05, 0.1) is 16.4 Å². The fourth-order valence-electron chi connectivity index (χ4n) is 1.27. The van der Waals surface area contributed by atoms with Crippen molar-refractivity contribution in [1.82, 2.24) is 0 Å². The minimum atomic E-state index is 0.907. The Morgan fingerprint density at radius 1 is 1.17 bits per heavy atom. The summed E-state index contributed by atoms with van der Waals surface area (Å²) in [5.41, 5.74) is 2.22. The van der Waals surface area contributed by atoms with Gasteiger partial charge in [-0.3, -0.25) is 0 Å². The molecule has 2 rings (SSSR count). The zero-order valence-corrected chi connectivity index (χ0v) is 7.45. The van der Waals surface area contributed by atoms with Gasteiger partial charge in [-0.2, -0.15) is 0 Å². The van der Waals surface area contributed by atoms with Gasteiger partial charge in [-0.1, -0.05) is 24.4 Å². The van der Waals surface area contributed by atoms with Crippen LogP contribution in [0.4, 0.5) is 11.4 Å². The predicted molar refractivity (Wildman–Crippen MR) is 55.8 cm³/mol. The van der Waals surface area contributed by atoms with E-state index in [9.17, 15) is 0 Å². The van der Waals surface area contributed by atoms with Crippen LogP contribution in [0, 0.1) is 0 Å². The second-order valence-corrected chi connectivity index (χ2v) is 3.26. The second-order valence-electron chi connectivity index (χ2n) is 2.77. The molecule has 1 aliphatic rings. The monoisotopic (exact) mass is 178 g/mol.